The molecular weight excluding hydrogens is 350 g/mol. The van der Waals surface area contributed by atoms with Gasteiger partial charge in [-0.15, -0.1) is 11.8 Å². The Hall–Kier alpha value is -2.15. The summed E-state index contributed by atoms with van der Waals surface area (Å²) in [6.45, 7) is 0.560. The van der Waals surface area contributed by atoms with Crippen LogP contribution in [0, 0.1) is 0 Å². The van der Waals surface area contributed by atoms with Crippen LogP contribution in [0.25, 0.3) is 0 Å². The molecule has 0 radical (unpaired) electrons. The predicted molar refractivity (Wildman–Crippen MR) is 104 cm³/mol. The number of thioether (sulfide) groups is 1. The van der Waals surface area contributed by atoms with Gasteiger partial charge in [0, 0.05) is 11.8 Å². The molecule has 7 heteroatoms. The van der Waals surface area contributed by atoms with Crippen molar-refractivity contribution in [3.8, 4) is 11.5 Å². The highest BCUT2D eigenvalue weighted by molar-refractivity contribution is 7.99. The molecule has 1 N–H and O–H groups in total. The summed E-state index contributed by atoms with van der Waals surface area (Å²) in [5.41, 5.74) is 0. The van der Waals surface area contributed by atoms with Crippen molar-refractivity contribution < 1.29 is 14.3 Å². The fraction of sp³-hybridized carbons (Fsp3) is 0.474. The normalized spacial score (nSPS) is 14.3. The second kappa shape index (κ2) is 9.52. The van der Waals surface area contributed by atoms with Crippen molar-refractivity contribution >= 4 is 23.5 Å². The molecule has 0 saturated heterocycles. The zero-order chi connectivity index (χ0) is 18.2. The number of hydrogen-bond donors (Lipinski definition) is 1. The molecular formula is C19H25N3O3S. The second-order valence-electron chi connectivity index (χ2n) is 6.22. The van der Waals surface area contributed by atoms with E-state index in [0.717, 1.165) is 35.9 Å². The Morgan fingerprint density at radius 1 is 1.23 bits per heavy atom. The molecule has 1 amide bonds. The summed E-state index contributed by atoms with van der Waals surface area (Å²) in [6, 6.07) is 9.77. The summed E-state index contributed by atoms with van der Waals surface area (Å²) in [5, 5.41) is 7.35. The number of amides is 1. The van der Waals surface area contributed by atoms with Crippen LogP contribution in [-0.2, 0) is 4.79 Å². The van der Waals surface area contributed by atoms with E-state index in [1.807, 2.05) is 35.0 Å². The van der Waals surface area contributed by atoms with E-state index in [4.69, 9.17) is 9.47 Å². The van der Waals surface area contributed by atoms with E-state index in [-0.39, 0.29) is 5.91 Å². The molecule has 26 heavy (non-hydrogen) atoms. The van der Waals surface area contributed by atoms with Gasteiger partial charge in [-0.25, -0.2) is 4.68 Å². The third kappa shape index (κ3) is 5.17. The number of aromatic nitrogens is 2. The van der Waals surface area contributed by atoms with Gasteiger partial charge in [0.1, 0.15) is 17.3 Å². The van der Waals surface area contributed by atoms with E-state index in [0.29, 0.717) is 18.4 Å². The molecule has 6 nitrogen and oxygen atoms in total. The van der Waals surface area contributed by atoms with E-state index in [9.17, 15) is 4.79 Å². The van der Waals surface area contributed by atoms with Gasteiger partial charge in [-0.2, -0.15) is 5.10 Å². The number of rotatable bonds is 9. The average molecular weight is 375 g/mol. The molecule has 1 saturated carbocycles. The third-order valence-electron chi connectivity index (χ3n) is 4.40. The van der Waals surface area contributed by atoms with E-state index in [2.05, 4.69) is 10.4 Å². The molecule has 0 spiro atoms. The standard InChI is InChI=1S/C19H25N3O3S/c1-24-16-6-8-17(9-7-16)25-12-13-26-14-19(23)21-18-10-11-20-22(18)15-4-2-3-5-15/h6-11,15H,2-5,12-14H2,1H3,(H,21,23). The second-order valence-corrected chi connectivity index (χ2v) is 7.33. The molecule has 1 aliphatic rings. The largest absolute Gasteiger partial charge is 0.497 e. The first-order valence-corrected chi connectivity index (χ1v) is 10.1. The van der Waals surface area contributed by atoms with Gasteiger partial charge in [0.05, 0.1) is 31.7 Å². The maximum Gasteiger partial charge on any atom is 0.235 e. The fourth-order valence-electron chi connectivity index (χ4n) is 3.09. The lowest BCUT2D eigenvalue weighted by Crippen LogP contribution is -2.19. The Balaban J connectivity index is 1.35. The molecule has 1 fully saturated rings. The summed E-state index contributed by atoms with van der Waals surface area (Å²) in [6.07, 6.45) is 6.51. The maximum absolute atomic E-state index is 12.2. The lowest BCUT2D eigenvalue weighted by Gasteiger charge is -2.14. The highest BCUT2D eigenvalue weighted by atomic mass is 32.2. The Morgan fingerprint density at radius 2 is 1.96 bits per heavy atom. The number of benzene rings is 1. The van der Waals surface area contributed by atoms with E-state index < -0.39 is 0 Å². The Labute approximate surface area is 158 Å². The van der Waals surface area contributed by atoms with Crippen molar-refractivity contribution in [3.63, 3.8) is 0 Å². The monoisotopic (exact) mass is 375 g/mol. The number of carbonyl (C=O) groups is 1. The van der Waals surface area contributed by atoms with Crippen LogP contribution >= 0.6 is 11.8 Å². The Kier molecular flexibility index (Phi) is 6.82. The molecule has 140 valence electrons. The minimum absolute atomic E-state index is 0.000746. The predicted octanol–water partition coefficient (Wildman–Crippen LogP) is 3.76. The average Bonchev–Trinajstić information content (AvgIpc) is 3.33. The summed E-state index contributed by atoms with van der Waals surface area (Å²) in [5.74, 6) is 3.57. The van der Waals surface area contributed by atoms with Crippen LogP contribution in [0.2, 0.25) is 0 Å². The van der Waals surface area contributed by atoms with Gasteiger partial charge in [-0.05, 0) is 37.1 Å². The topological polar surface area (TPSA) is 65.4 Å². The maximum atomic E-state index is 12.2. The van der Waals surface area contributed by atoms with Gasteiger partial charge in [-0.1, -0.05) is 12.8 Å². The van der Waals surface area contributed by atoms with Crippen molar-refractivity contribution in [1.82, 2.24) is 9.78 Å². The van der Waals surface area contributed by atoms with Crippen LogP contribution in [0.15, 0.2) is 36.5 Å². The van der Waals surface area contributed by atoms with E-state index >= 15 is 0 Å². The number of carbonyl (C=O) groups excluding carboxylic acids is 1. The first kappa shape index (κ1) is 18.6. The minimum Gasteiger partial charge on any atom is -0.497 e. The van der Waals surface area contributed by atoms with Gasteiger partial charge in [0.25, 0.3) is 0 Å². The fourth-order valence-corrected chi connectivity index (χ4v) is 3.69. The van der Waals surface area contributed by atoms with Crippen molar-refractivity contribution in [1.29, 1.82) is 0 Å². The van der Waals surface area contributed by atoms with Crippen LogP contribution in [0.5, 0.6) is 11.5 Å². The number of nitrogens with one attached hydrogen (secondary N) is 1. The summed E-state index contributed by atoms with van der Waals surface area (Å²) < 4.78 is 12.7. The summed E-state index contributed by atoms with van der Waals surface area (Å²) in [4.78, 5) is 12.2. The molecule has 0 bridgehead atoms. The highest BCUT2D eigenvalue weighted by Gasteiger charge is 2.20. The Morgan fingerprint density at radius 3 is 2.69 bits per heavy atom. The number of nitrogens with zero attached hydrogens (tertiary/aromatic N) is 2. The molecule has 1 heterocycles. The molecule has 0 aliphatic heterocycles. The van der Waals surface area contributed by atoms with Crippen LogP contribution in [0.4, 0.5) is 5.82 Å². The zero-order valence-corrected chi connectivity index (χ0v) is 15.8. The first-order valence-electron chi connectivity index (χ1n) is 8.94. The lowest BCUT2D eigenvalue weighted by molar-refractivity contribution is -0.113. The van der Waals surface area contributed by atoms with Crippen molar-refractivity contribution in [2.24, 2.45) is 0 Å². The van der Waals surface area contributed by atoms with Gasteiger partial charge in [0.15, 0.2) is 0 Å². The van der Waals surface area contributed by atoms with Crippen molar-refractivity contribution in [3.05, 3.63) is 36.5 Å². The molecule has 2 aromatic rings. The van der Waals surface area contributed by atoms with Crippen molar-refractivity contribution in [2.75, 3.05) is 30.5 Å². The molecule has 1 aromatic carbocycles. The van der Waals surface area contributed by atoms with E-state index in [1.165, 1.54) is 12.8 Å². The zero-order valence-electron chi connectivity index (χ0n) is 15.0. The molecule has 1 aliphatic carbocycles. The first-order chi connectivity index (χ1) is 12.8. The van der Waals surface area contributed by atoms with E-state index in [1.54, 1.807) is 25.1 Å². The molecule has 0 atom stereocenters. The summed E-state index contributed by atoms with van der Waals surface area (Å²) >= 11 is 1.56. The number of hydrogen-bond acceptors (Lipinski definition) is 5. The van der Waals surface area contributed by atoms with Gasteiger partial charge < -0.3 is 14.8 Å². The van der Waals surface area contributed by atoms with Crippen LogP contribution in [0.1, 0.15) is 31.7 Å². The number of anilines is 1. The van der Waals surface area contributed by atoms with Gasteiger partial charge >= 0.3 is 0 Å². The lowest BCUT2D eigenvalue weighted by atomic mass is 10.2. The van der Waals surface area contributed by atoms with Gasteiger partial charge in [-0.3, -0.25) is 4.79 Å². The SMILES string of the molecule is COc1ccc(OCCSCC(=O)Nc2ccnn2C2CCCC2)cc1. The van der Waals surface area contributed by atoms with Crippen LogP contribution in [0.3, 0.4) is 0 Å². The van der Waals surface area contributed by atoms with Gasteiger partial charge in [0.2, 0.25) is 5.91 Å². The number of methoxy groups -OCH3 is 1. The molecule has 3 rings (SSSR count). The van der Waals surface area contributed by atoms with Crippen molar-refractivity contribution in [2.45, 2.75) is 31.7 Å². The molecule has 1 aromatic heterocycles. The van der Waals surface area contributed by atoms with Crippen LogP contribution < -0.4 is 14.8 Å². The third-order valence-corrected chi connectivity index (χ3v) is 5.32. The smallest absolute Gasteiger partial charge is 0.235 e. The van der Waals surface area contributed by atoms with Crippen LogP contribution in [-0.4, -0.2) is 40.9 Å². The summed E-state index contributed by atoms with van der Waals surface area (Å²) in [7, 11) is 1.64. The Bertz CT molecular complexity index is 696. The minimum atomic E-state index is -0.000746. The number of ether oxygens (including phenoxy) is 2. The quantitative estimate of drug-likeness (QED) is 0.676. The molecule has 0 unspecified atom stereocenters. The highest BCUT2D eigenvalue weighted by Crippen LogP contribution is 2.31.